The molecule has 0 atom stereocenters. The van der Waals surface area contributed by atoms with E-state index in [1.54, 1.807) is 12.1 Å². The summed E-state index contributed by atoms with van der Waals surface area (Å²) in [4.78, 5) is 2.33. The van der Waals surface area contributed by atoms with E-state index in [-0.39, 0.29) is 5.82 Å². The maximum Gasteiger partial charge on any atom is 0.137 e. The second-order valence-electron chi connectivity index (χ2n) is 4.35. The number of rotatable bonds is 2. The smallest absolute Gasteiger partial charge is 0.137 e. The first kappa shape index (κ1) is 11.9. The van der Waals surface area contributed by atoms with Crippen LogP contribution in [0.15, 0.2) is 22.7 Å². The summed E-state index contributed by atoms with van der Waals surface area (Å²) in [6, 6.07) is 5.58. The number of halogens is 2. The zero-order chi connectivity index (χ0) is 11.5. The second-order valence-corrected chi connectivity index (χ2v) is 5.21. The molecule has 16 heavy (non-hydrogen) atoms. The summed E-state index contributed by atoms with van der Waals surface area (Å²) in [6.45, 7) is 2.25. The summed E-state index contributed by atoms with van der Waals surface area (Å²) in [5.74, 6) is -0.214. The van der Waals surface area contributed by atoms with Crippen LogP contribution in [0.5, 0.6) is 0 Å². The molecule has 1 aliphatic rings. The van der Waals surface area contributed by atoms with E-state index in [9.17, 15) is 4.39 Å². The first-order chi connectivity index (χ1) is 7.65. The molecule has 88 valence electrons. The molecule has 2 nitrogen and oxygen atoms in total. The van der Waals surface area contributed by atoms with Crippen molar-refractivity contribution in [1.82, 2.24) is 4.90 Å². The van der Waals surface area contributed by atoms with E-state index in [0.717, 1.165) is 31.6 Å². The molecule has 0 aliphatic carbocycles. The van der Waals surface area contributed by atoms with Crippen molar-refractivity contribution in [2.24, 2.45) is 0 Å². The minimum absolute atomic E-state index is 0.214. The topological polar surface area (TPSA) is 15.3 Å². The van der Waals surface area contributed by atoms with E-state index >= 15 is 0 Å². The van der Waals surface area contributed by atoms with Gasteiger partial charge >= 0.3 is 0 Å². The number of nitrogens with one attached hydrogen (secondary N) is 1. The number of piperidine rings is 1. The van der Waals surface area contributed by atoms with Crippen molar-refractivity contribution >= 4 is 21.6 Å². The molecule has 0 spiro atoms. The largest absolute Gasteiger partial charge is 0.382 e. The Hall–Kier alpha value is -0.610. The van der Waals surface area contributed by atoms with Gasteiger partial charge in [0.1, 0.15) is 5.82 Å². The van der Waals surface area contributed by atoms with E-state index in [0.29, 0.717) is 10.5 Å². The average Bonchev–Trinajstić information content (AvgIpc) is 2.27. The summed E-state index contributed by atoms with van der Waals surface area (Å²) >= 11 is 3.20. The molecular formula is C12H16BrFN2. The van der Waals surface area contributed by atoms with E-state index < -0.39 is 0 Å². The van der Waals surface area contributed by atoms with E-state index in [4.69, 9.17) is 0 Å². The second kappa shape index (κ2) is 5.15. The molecular weight excluding hydrogens is 271 g/mol. The molecule has 1 aromatic rings. The number of hydrogen-bond donors (Lipinski definition) is 1. The molecule has 0 amide bonds. The first-order valence-electron chi connectivity index (χ1n) is 5.55. The molecule has 0 bridgehead atoms. The Balaban J connectivity index is 1.96. The van der Waals surface area contributed by atoms with Gasteiger partial charge in [-0.25, -0.2) is 4.39 Å². The Labute approximate surface area is 104 Å². The molecule has 1 aliphatic heterocycles. The van der Waals surface area contributed by atoms with Crippen molar-refractivity contribution in [3.8, 4) is 0 Å². The summed E-state index contributed by atoms with van der Waals surface area (Å²) < 4.78 is 13.6. The van der Waals surface area contributed by atoms with Crippen LogP contribution < -0.4 is 5.32 Å². The molecule has 1 saturated heterocycles. The summed E-state index contributed by atoms with van der Waals surface area (Å²) in [5, 5.41) is 3.45. The fourth-order valence-corrected chi connectivity index (χ4v) is 2.35. The van der Waals surface area contributed by atoms with Crippen molar-refractivity contribution in [2.45, 2.75) is 18.9 Å². The molecule has 0 radical (unpaired) electrons. The average molecular weight is 287 g/mol. The third-order valence-electron chi connectivity index (χ3n) is 3.01. The lowest BCUT2D eigenvalue weighted by molar-refractivity contribution is 0.264. The SMILES string of the molecule is CN1CCC(Nc2ccc(F)c(Br)c2)CC1. The minimum atomic E-state index is -0.214. The van der Waals surface area contributed by atoms with Gasteiger partial charge in [0.25, 0.3) is 0 Å². The number of benzene rings is 1. The predicted molar refractivity (Wildman–Crippen MR) is 68.2 cm³/mol. The molecule has 0 aromatic heterocycles. The summed E-state index contributed by atoms with van der Waals surface area (Å²) in [7, 11) is 2.14. The Bertz CT molecular complexity index is 362. The molecule has 2 rings (SSSR count). The van der Waals surface area contributed by atoms with Crippen LogP contribution in [0.25, 0.3) is 0 Å². The highest BCUT2D eigenvalue weighted by Crippen LogP contribution is 2.22. The quantitative estimate of drug-likeness (QED) is 0.899. The van der Waals surface area contributed by atoms with Gasteiger partial charge in [-0.1, -0.05) is 0 Å². The number of nitrogens with zero attached hydrogens (tertiary/aromatic N) is 1. The highest BCUT2D eigenvalue weighted by Gasteiger charge is 2.16. The monoisotopic (exact) mass is 286 g/mol. The van der Waals surface area contributed by atoms with E-state index in [2.05, 4.69) is 33.2 Å². The molecule has 0 unspecified atom stereocenters. The van der Waals surface area contributed by atoms with Crippen LogP contribution in [-0.4, -0.2) is 31.1 Å². The maximum absolute atomic E-state index is 13.0. The van der Waals surface area contributed by atoms with Gasteiger partial charge in [0, 0.05) is 11.7 Å². The summed E-state index contributed by atoms with van der Waals surface area (Å²) in [5.41, 5.74) is 0.989. The Morgan fingerprint density at radius 3 is 2.69 bits per heavy atom. The lowest BCUT2D eigenvalue weighted by Gasteiger charge is -2.30. The molecule has 1 heterocycles. The van der Waals surface area contributed by atoms with Crippen LogP contribution in [0.2, 0.25) is 0 Å². The van der Waals surface area contributed by atoms with Crippen LogP contribution in [0.3, 0.4) is 0 Å². The minimum Gasteiger partial charge on any atom is -0.382 e. The molecule has 1 N–H and O–H groups in total. The highest BCUT2D eigenvalue weighted by molar-refractivity contribution is 9.10. The van der Waals surface area contributed by atoms with Crippen molar-refractivity contribution < 1.29 is 4.39 Å². The molecule has 1 fully saturated rings. The highest BCUT2D eigenvalue weighted by atomic mass is 79.9. The van der Waals surface area contributed by atoms with Gasteiger partial charge in [-0.2, -0.15) is 0 Å². The van der Waals surface area contributed by atoms with Crippen LogP contribution in [0.1, 0.15) is 12.8 Å². The fourth-order valence-electron chi connectivity index (χ4n) is 1.97. The van der Waals surface area contributed by atoms with E-state index in [1.807, 2.05) is 0 Å². The van der Waals surface area contributed by atoms with Crippen molar-refractivity contribution in [2.75, 3.05) is 25.5 Å². The van der Waals surface area contributed by atoms with Gasteiger partial charge in [-0.05, 0) is 67.1 Å². The van der Waals surface area contributed by atoms with Gasteiger partial charge in [0.2, 0.25) is 0 Å². The number of likely N-dealkylation sites (tertiary alicyclic amines) is 1. The lowest BCUT2D eigenvalue weighted by atomic mass is 10.1. The van der Waals surface area contributed by atoms with Gasteiger partial charge < -0.3 is 10.2 Å². The number of anilines is 1. The molecule has 0 saturated carbocycles. The summed E-state index contributed by atoms with van der Waals surface area (Å²) in [6.07, 6.45) is 2.29. The normalized spacial score (nSPS) is 18.7. The third-order valence-corrected chi connectivity index (χ3v) is 3.62. The standard InChI is InChI=1S/C12H16BrFN2/c1-16-6-4-9(5-7-16)15-10-2-3-12(14)11(13)8-10/h2-3,8-9,15H,4-7H2,1H3. The van der Waals surface area contributed by atoms with Crippen LogP contribution in [-0.2, 0) is 0 Å². The number of hydrogen-bond acceptors (Lipinski definition) is 2. The van der Waals surface area contributed by atoms with Crippen LogP contribution in [0.4, 0.5) is 10.1 Å². The third kappa shape index (κ3) is 2.95. The van der Waals surface area contributed by atoms with Crippen molar-refractivity contribution in [3.05, 3.63) is 28.5 Å². The molecule has 4 heteroatoms. The zero-order valence-electron chi connectivity index (χ0n) is 9.34. The maximum atomic E-state index is 13.0. The van der Waals surface area contributed by atoms with Crippen molar-refractivity contribution in [3.63, 3.8) is 0 Å². The molecule has 1 aromatic carbocycles. The predicted octanol–water partition coefficient (Wildman–Crippen LogP) is 3.09. The van der Waals surface area contributed by atoms with Gasteiger partial charge in [0.05, 0.1) is 4.47 Å². The van der Waals surface area contributed by atoms with Gasteiger partial charge in [-0.3, -0.25) is 0 Å². The Morgan fingerprint density at radius 2 is 2.06 bits per heavy atom. The Kier molecular flexibility index (Phi) is 3.82. The lowest BCUT2D eigenvalue weighted by Crippen LogP contribution is -2.36. The van der Waals surface area contributed by atoms with Crippen LogP contribution in [0, 0.1) is 5.82 Å². The fraction of sp³-hybridized carbons (Fsp3) is 0.500. The zero-order valence-corrected chi connectivity index (χ0v) is 10.9. The van der Waals surface area contributed by atoms with Gasteiger partial charge in [-0.15, -0.1) is 0 Å². The van der Waals surface area contributed by atoms with Crippen molar-refractivity contribution in [1.29, 1.82) is 0 Å². The first-order valence-corrected chi connectivity index (χ1v) is 6.34. The van der Waals surface area contributed by atoms with E-state index in [1.165, 1.54) is 6.07 Å². The van der Waals surface area contributed by atoms with Crippen LogP contribution >= 0.6 is 15.9 Å². The Morgan fingerprint density at radius 1 is 1.38 bits per heavy atom. The van der Waals surface area contributed by atoms with Gasteiger partial charge in [0.15, 0.2) is 0 Å².